The number of furan rings is 2. The molecule has 0 unspecified atom stereocenters. The number of hydrogen-bond donors (Lipinski definition) is 0. The van der Waals surface area contributed by atoms with Crippen molar-refractivity contribution < 1.29 is 8.83 Å². The van der Waals surface area contributed by atoms with Gasteiger partial charge in [0.1, 0.15) is 22.3 Å². The van der Waals surface area contributed by atoms with Crippen molar-refractivity contribution in [2.45, 2.75) is 0 Å². The maximum Gasteiger partial charge on any atom is 0.143 e. The highest BCUT2D eigenvalue weighted by molar-refractivity contribution is 7.26. The van der Waals surface area contributed by atoms with Gasteiger partial charge in [-0.1, -0.05) is 297 Å². The third-order valence-electron chi connectivity index (χ3n) is 21.3. The molecule has 104 heavy (non-hydrogen) atoms. The molecule has 0 amide bonds. The topological polar surface area (TPSA) is 26.3 Å². The molecule has 22 aromatic rings. The Hall–Kier alpha value is -13.0. The van der Waals surface area contributed by atoms with Gasteiger partial charge >= 0.3 is 0 Å². The smallest absolute Gasteiger partial charge is 0.143 e. The molecule has 0 radical (unpaired) electrons. The van der Waals surface area contributed by atoms with E-state index in [1.165, 1.54) is 161 Å². The molecule has 0 aliphatic heterocycles. The monoisotopic (exact) mass is 1360 g/mol. The summed E-state index contributed by atoms with van der Waals surface area (Å²) in [4.78, 5) is 0. The average Bonchev–Trinajstić information content (AvgIpc) is 1.09. The first-order valence-corrected chi connectivity index (χ1v) is 37.1. The third-order valence-corrected chi connectivity index (χ3v) is 23.7. The fourth-order valence-corrected chi connectivity index (χ4v) is 19.0. The van der Waals surface area contributed by atoms with E-state index in [-0.39, 0.29) is 0 Å². The summed E-state index contributed by atoms with van der Waals surface area (Å²) < 4.78 is 17.9. The van der Waals surface area contributed by atoms with Crippen LogP contribution in [0.15, 0.2) is 373 Å². The first kappa shape index (κ1) is 59.9. The Morgan fingerprint density at radius 1 is 0.163 bits per heavy atom. The highest BCUT2D eigenvalue weighted by Crippen LogP contribution is 2.49. The Morgan fingerprint density at radius 2 is 0.500 bits per heavy atom. The van der Waals surface area contributed by atoms with E-state index in [4.69, 9.17) is 8.83 Å². The van der Waals surface area contributed by atoms with Crippen LogP contribution in [-0.4, -0.2) is 0 Å². The molecular formula is C100H60O2S2. The zero-order chi connectivity index (χ0) is 68.3. The van der Waals surface area contributed by atoms with Gasteiger partial charge in [-0.05, 0) is 193 Å². The quantitative estimate of drug-likeness (QED) is 0.142. The van der Waals surface area contributed by atoms with Crippen LogP contribution in [0.25, 0.3) is 216 Å². The zero-order valence-corrected chi connectivity index (χ0v) is 57.9. The van der Waals surface area contributed by atoms with Crippen molar-refractivity contribution in [1.29, 1.82) is 0 Å². The SMILES string of the molecule is c1cc(-c2c3ccccc3c(-c3ccc(-c4cccc5c4oc4ccccc45)cc3)c3ccccc23)cc(-c2cccc3c2sc2ccccc23)c1.c1cc(-c2ccc3oc4ccccc4c3c2)cc(-c2c3ccccc3c(-c3cccc(-c4ccc5sc6ccccc6c5c4)c3)c3ccccc23)c1. The van der Waals surface area contributed by atoms with Crippen LogP contribution >= 0.6 is 22.7 Å². The molecule has 0 saturated heterocycles. The van der Waals surface area contributed by atoms with Gasteiger partial charge in [0.25, 0.3) is 0 Å². The van der Waals surface area contributed by atoms with Gasteiger partial charge in [-0.3, -0.25) is 0 Å². The molecule has 4 heteroatoms. The van der Waals surface area contributed by atoms with Crippen molar-refractivity contribution in [2.24, 2.45) is 0 Å². The number of rotatable bonds is 8. The lowest BCUT2D eigenvalue weighted by Gasteiger charge is -2.18. The first-order chi connectivity index (χ1) is 51.6. The van der Waals surface area contributed by atoms with Crippen molar-refractivity contribution >= 4 is 150 Å². The minimum absolute atomic E-state index is 0.915. The number of hydrogen-bond acceptors (Lipinski definition) is 4. The maximum absolute atomic E-state index is 6.40. The Kier molecular flexibility index (Phi) is 14.0. The van der Waals surface area contributed by atoms with Crippen LogP contribution in [0.2, 0.25) is 0 Å². The Bertz CT molecular complexity index is 6910. The second-order valence-corrected chi connectivity index (χ2v) is 29.3. The summed E-state index contributed by atoms with van der Waals surface area (Å²) in [6.45, 7) is 0. The van der Waals surface area contributed by atoms with Crippen LogP contribution in [-0.2, 0) is 0 Å². The third kappa shape index (κ3) is 9.82. The van der Waals surface area contributed by atoms with E-state index in [0.717, 1.165) is 55.0 Å². The molecule has 4 aromatic heterocycles. The van der Waals surface area contributed by atoms with E-state index in [2.05, 4.69) is 340 Å². The minimum Gasteiger partial charge on any atom is -0.456 e. The average molecular weight is 1360 g/mol. The Balaban J connectivity index is 0.000000134. The molecule has 0 N–H and O–H groups in total. The summed E-state index contributed by atoms with van der Waals surface area (Å²) in [7, 11) is 0. The lowest BCUT2D eigenvalue weighted by molar-refractivity contribution is 0.669. The predicted octanol–water partition coefficient (Wildman–Crippen LogP) is 29.9. The number of benzene rings is 18. The lowest BCUT2D eigenvalue weighted by Crippen LogP contribution is -1.91. The van der Waals surface area contributed by atoms with Gasteiger partial charge < -0.3 is 8.83 Å². The van der Waals surface area contributed by atoms with Gasteiger partial charge in [0.2, 0.25) is 0 Å². The van der Waals surface area contributed by atoms with Crippen LogP contribution in [0.3, 0.4) is 0 Å². The molecule has 4 heterocycles. The normalized spacial score (nSPS) is 11.8. The van der Waals surface area contributed by atoms with Crippen LogP contribution < -0.4 is 0 Å². The van der Waals surface area contributed by atoms with Crippen LogP contribution in [0.1, 0.15) is 0 Å². The fraction of sp³-hybridized carbons (Fsp3) is 0. The van der Waals surface area contributed by atoms with Crippen molar-refractivity contribution in [3.63, 3.8) is 0 Å². The summed E-state index contributed by atoms with van der Waals surface area (Å²) in [5.41, 5.74) is 23.2. The van der Waals surface area contributed by atoms with Gasteiger partial charge in [0, 0.05) is 67.5 Å². The number of para-hydroxylation sites is 3. The second-order valence-electron chi connectivity index (χ2n) is 27.2. The highest BCUT2D eigenvalue weighted by Gasteiger charge is 2.22. The molecular weight excluding hydrogens is 1300 g/mol. The summed E-state index contributed by atoms with van der Waals surface area (Å²) in [5.74, 6) is 0. The van der Waals surface area contributed by atoms with Crippen molar-refractivity contribution in [3.8, 4) is 89.0 Å². The standard InChI is InChI=1S/2C50H30OS/c1-3-18-41-39(16-1)47(32-28-26-31(27-29-32)35-20-10-22-43-37-14-5-7-24-45(37)51-49(35)43)40-17-2-4-19-42(40)48(41)34-13-9-12-33(30-34)36-21-11-23-44-38-15-6-8-25-46(38)52-50(36)44;1-3-19-41-39(17-1)49(35-13-9-11-31(27-35)33-23-25-46-43(29-33)37-15-5-7-21-45(37)51-46)40-18-2-4-20-42(40)50(41)36-14-10-12-32(28-36)34-24-26-48-44(30-34)38-16-6-8-22-47(38)52-48/h2*1-30H. The summed E-state index contributed by atoms with van der Waals surface area (Å²) in [5, 5.41) is 19.9. The van der Waals surface area contributed by atoms with Gasteiger partial charge in [0.05, 0.1) is 0 Å². The number of thiophene rings is 2. The molecule has 18 aromatic carbocycles. The van der Waals surface area contributed by atoms with Crippen molar-refractivity contribution in [2.75, 3.05) is 0 Å². The zero-order valence-electron chi connectivity index (χ0n) is 56.3. The molecule has 0 saturated carbocycles. The predicted molar refractivity (Wildman–Crippen MR) is 447 cm³/mol. The van der Waals surface area contributed by atoms with Crippen molar-refractivity contribution in [3.05, 3.63) is 364 Å². The summed E-state index contributed by atoms with van der Waals surface area (Å²) >= 11 is 3.75. The molecule has 0 spiro atoms. The lowest BCUT2D eigenvalue weighted by atomic mass is 9.85. The number of fused-ring (bicyclic) bond motifs is 16. The molecule has 0 aliphatic rings. The van der Waals surface area contributed by atoms with E-state index < -0.39 is 0 Å². The van der Waals surface area contributed by atoms with Gasteiger partial charge in [-0.25, -0.2) is 0 Å². The summed E-state index contributed by atoms with van der Waals surface area (Å²) in [6.07, 6.45) is 0. The molecule has 0 aliphatic carbocycles. The molecule has 484 valence electrons. The van der Waals surface area contributed by atoms with E-state index >= 15 is 0 Å². The van der Waals surface area contributed by atoms with E-state index in [1.807, 2.05) is 46.9 Å². The molecule has 2 nitrogen and oxygen atoms in total. The minimum atomic E-state index is 0.915. The van der Waals surface area contributed by atoms with Gasteiger partial charge in [-0.2, -0.15) is 0 Å². The maximum atomic E-state index is 6.40. The van der Waals surface area contributed by atoms with E-state index in [1.54, 1.807) is 0 Å². The van der Waals surface area contributed by atoms with Crippen LogP contribution in [0, 0.1) is 0 Å². The Labute approximate surface area is 607 Å². The van der Waals surface area contributed by atoms with E-state index in [9.17, 15) is 0 Å². The Morgan fingerprint density at radius 3 is 1.06 bits per heavy atom. The molecule has 22 rings (SSSR count). The van der Waals surface area contributed by atoms with Crippen LogP contribution in [0.5, 0.6) is 0 Å². The molecule has 0 atom stereocenters. The molecule has 0 bridgehead atoms. The van der Waals surface area contributed by atoms with Crippen LogP contribution in [0.4, 0.5) is 0 Å². The van der Waals surface area contributed by atoms with Gasteiger partial charge in [0.15, 0.2) is 0 Å². The highest BCUT2D eigenvalue weighted by atomic mass is 32.1. The molecule has 0 fully saturated rings. The van der Waals surface area contributed by atoms with E-state index in [0.29, 0.717) is 0 Å². The van der Waals surface area contributed by atoms with Gasteiger partial charge in [-0.15, -0.1) is 22.7 Å². The largest absolute Gasteiger partial charge is 0.456 e. The fourth-order valence-electron chi connectivity index (χ4n) is 16.6. The second kappa shape index (κ2) is 24.4. The van der Waals surface area contributed by atoms with Crippen molar-refractivity contribution in [1.82, 2.24) is 0 Å². The first-order valence-electron chi connectivity index (χ1n) is 35.5. The summed E-state index contributed by atoms with van der Waals surface area (Å²) in [6, 6.07) is 133.